The summed E-state index contributed by atoms with van der Waals surface area (Å²) in [4.78, 5) is 12.7. The highest BCUT2D eigenvalue weighted by Gasteiger charge is 2.21. The third-order valence-corrected chi connectivity index (χ3v) is 6.47. The Morgan fingerprint density at radius 2 is 1.67 bits per heavy atom. The molecule has 0 aliphatic carbocycles. The second kappa shape index (κ2) is 9.68. The molecule has 9 heteroatoms. The Hall–Kier alpha value is -2.29. The van der Waals surface area contributed by atoms with Crippen LogP contribution in [-0.4, -0.2) is 33.6 Å². The summed E-state index contributed by atoms with van der Waals surface area (Å²) < 4.78 is 38.4. The number of methoxy groups -OCH3 is 1. The van der Waals surface area contributed by atoms with Crippen molar-refractivity contribution in [3.8, 4) is 11.5 Å². The highest BCUT2D eigenvalue weighted by atomic mass is 35.5. The van der Waals surface area contributed by atoms with E-state index in [0.717, 1.165) is 11.1 Å². The number of aryl methyl sites for hydroxylation is 2. The molecule has 0 saturated heterocycles. The molecule has 0 aliphatic rings. The predicted molar refractivity (Wildman–Crippen MR) is 118 cm³/mol. The summed E-state index contributed by atoms with van der Waals surface area (Å²) >= 11 is 6.17. The Balaban J connectivity index is 2.23. The number of benzene rings is 2. The predicted octanol–water partition coefficient (Wildman–Crippen LogP) is 4.06. The summed E-state index contributed by atoms with van der Waals surface area (Å²) in [5, 5.41) is 3.33. The normalized spacial score (nSPS) is 12.5. The largest absolute Gasteiger partial charge is 0.495 e. The van der Waals surface area contributed by atoms with Crippen molar-refractivity contribution in [1.29, 1.82) is 0 Å². The molecule has 30 heavy (non-hydrogen) atoms. The van der Waals surface area contributed by atoms with Gasteiger partial charge in [0.15, 0.2) is 6.10 Å². The van der Waals surface area contributed by atoms with Gasteiger partial charge in [0.25, 0.3) is 5.91 Å². The number of nitrogens with one attached hydrogen (secondary N) is 2. The number of ether oxygens (including phenoxy) is 2. The Morgan fingerprint density at radius 3 is 2.20 bits per heavy atom. The average Bonchev–Trinajstić information content (AvgIpc) is 2.64. The highest BCUT2D eigenvalue weighted by Crippen LogP contribution is 2.29. The molecule has 0 saturated carbocycles. The number of rotatable bonds is 8. The Morgan fingerprint density at radius 1 is 1.07 bits per heavy atom. The minimum absolute atomic E-state index is 0.0184. The number of hydrogen-bond donors (Lipinski definition) is 2. The van der Waals surface area contributed by atoms with Crippen LogP contribution in [0, 0.1) is 13.8 Å². The van der Waals surface area contributed by atoms with E-state index in [4.69, 9.17) is 21.1 Å². The van der Waals surface area contributed by atoms with Crippen LogP contribution in [0.15, 0.2) is 35.2 Å². The van der Waals surface area contributed by atoms with Crippen LogP contribution >= 0.6 is 11.6 Å². The molecule has 2 aromatic rings. The van der Waals surface area contributed by atoms with Crippen molar-refractivity contribution in [2.75, 3.05) is 12.4 Å². The molecular formula is C21H27ClN2O5S. The van der Waals surface area contributed by atoms with Crippen molar-refractivity contribution in [3.63, 3.8) is 0 Å². The van der Waals surface area contributed by atoms with Crippen molar-refractivity contribution in [3.05, 3.63) is 46.5 Å². The number of hydrogen-bond acceptors (Lipinski definition) is 5. The molecule has 0 unspecified atom stereocenters. The van der Waals surface area contributed by atoms with E-state index in [1.807, 2.05) is 13.8 Å². The first-order valence-electron chi connectivity index (χ1n) is 9.39. The second-order valence-electron chi connectivity index (χ2n) is 7.26. The number of sulfonamides is 1. The monoisotopic (exact) mass is 454 g/mol. The van der Waals surface area contributed by atoms with Crippen LogP contribution in [0.4, 0.5) is 5.69 Å². The van der Waals surface area contributed by atoms with Crippen LogP contribution in [0.25, 0.3) is 0 Å². The maximum atomic E-state index is 12.7. The lowest BCUT2D eigenvalue weighted by Gasteiger charge is -2.18. The van der Waals surface area contributed by atoms with Crippen LogP contribution in [0.1, 0.15) is 31.9 Å². The highest BCUT2D eigenvalue weighted by molar-refractivity contribution is 7.89. The summed E-state index contributed by atoms with van der Waals surface area (Å²) in [6.45, 7) is 8.76. The van der Waals surface area contributed by atoms with Crippen molar-refractivity contribution in [1.82, 2.24) is 4.72 Å². The van der Waals surface area contributed by atoms with Gasteiger partial charge in [-0.25, -0.2) is 13.1 Å². The summed E-state index contributed by atoms with van der Waals surface area (Å²) in [5.74, 6) is 0.392. The quantitative estimate of drug-likeness (QED) is 0.627. The van der Waals surface area contributed by atoms with E-state index in [9.17, 15) is 13.2 Å². The zero-order chi connectivity index (χ0) is 22.6. The number of halogens is 1. The van der Waals surface area contributed by atoms with Gasteiger partial charge < -0.3 is 14.8 Å². The van der Waals surface area contributed by atoms with Gasteiger partial charge in [0.05, 0.1) is 17.7 Å². The van der Waals surface area contributed by atoms with Gasteiger partial charge in [-0.3, -0.25) is 4.79 Å². The molecule has 2 rings (SSSR count). The lowest BCUT2D eigenvalue weighted by atomic mass is 10.1. The maximum Gasteiger partial charge on any atom is 0.265 e. The molecule has 164 valence electrons. The molecular weight excluding hydrogens is 428 g/mol. The molecule has 0 aromatic heterocycles. The molecule has 2 N–H and O–H groups in total. The van der Waals surface area contributed by atoms with E-state index >= 15 is 0 Å². The van der Waals surface area contributed by atoms with Gasteiger partial charge in [-0.05, 0) is 76.1 Å². The molecule has 1 amide bonds. The van der Waals surface area contributed by atoms with Gasteiger partial charge in [-0.2, -0.15) is 0 Å². The zero-order valence-electron chi connectivity index (χ0n) is 17.9. The van der Waals surface area contributed by atoms with E-state index in [-0.39, 0.29) is 16.6 Å². The number of carbonyl (C=O) groups is 1. The third kappa shape index (κ3) is 5.87. The van der Waals surface area contributed by atoms with Gasteiger partial charge in [0.2, 0.25) is 10.0 Å². The summed E-state index contributed by atoms with van der Waals surface area (Å²) in [6, 6.07) is 7.50. The van der Waals surface area contributed by atoms with E-state index < -0.39 is 22.0 Å². The molecule has 2 aromatic carbocycles. The van der Waals surface area contributed by atoms with Crippen LogP contribution in [-0.2, 0) is 14.8 Å². The molecule has 0 aliphatic heterocycles. The van der Waals surface area contributed by atoms with E-state index in [1.165, 1.54) is 25.3 Å². The van der Waals surface area contributed by atoms with E-state index in [2.05, 4.69) is 10.0 Å². The van der Waals surface area contributed by atoms with Crippen LogP contribution in [0.2, 0.25) is 5.02 Å². The van der Waals surface area contributed by atoms with Crippen molar-refractivity contribution in [2.24, 2.45) is 0 Å². The fourth-order valence-corrected chi connectivity index (χ4v) is 4.18. The first kappa shape index (κ1) is 24.0. The topological polar surface area (TPSA) is 93.7 Å². The summed E-state index contributed by atoms with van der Waals surface area (Å²) in [6.07, 6.45) is -0.844. The standard InChI is InChI=1S/C21H27ClN2O5S/c1-12(2)24-30(26,27)17-7-8-19(28-6)18(11-17)23-21(25)15(5)29-16-9-13(3)20(22)14(4)10-16/h7-12,15,24H,1-6H3,(H,23,25)/t15-/m0/s1. The molecule has 0 heterocycles. The molecule has 0 radical (unpaired) electrons. The zero-order valence-corrected chi connectivity index (χ0v) is 19.4. The first-order chi connectivity index (χ1) is 13.9. The van der Waals surface area contributed by atoms with Gasteiger partial charge in [0, 0.05) is 11.1 Å². The first-order valence-corrected chi connectivity index (χ1v) is 11.3. The third-order valence-electron chi connectivity index (χ3n) is 4.22. The Labute approximate surface area is 182 Å². The minimum Gasteiger partial charge on any atom is -0.495 e. The van der Waals surface area contributed by atoms with Gasteiger partial charge >= 0.3 is 0 Å². The van der Waals surface area contributed by atoms with E-state index in [1.54, 1.807) is 32.9 Å². The van der Waals surface area contributed by atoms with Gasteiger partial charge in [0.1, 0.15) is 11.5 Å². The average molecular weight is 455 g/mol. The summed E-state index contributed by atoms with van der Waals surface area (Å²) in [7, 11) is -2.29. The second-order valence-corrected chi connectivity index (χ2v) is 9.35. The van der Waals surface area contributed by atoms with Gasteiger partial charge in [-0.15, -0.1) is 0 Å². The SMILES string of the molecule is COc1ccc(S(=O)(=O)NC(C)C)cc1NC(=O)[C@H](C)Oc1cc(C)c(Cl)c(C)c1. The fourth-order valence-electron chi connectivity index (χ4n) is 2.80. The van der Waals surface area contributed by atoms with Crippen molar-refractivity contribution < 1.29 is 22.7 Å². The Bertz CT molecular complexity index is 1010. The lowest BCUT2D eigenvalue weighted by molar-refractivity contribution is -0.122. The summed E-state index contributed by atoms with van der Waals surface area (Å²) in [5.41, 5.74) is 1.92. The van der Waals surface area contributed by atoms with Gasteiger partial charge in [-0.1, -0.05) is 11.6 Å². The van der Waals surface area contributed by atoms with Crippen molar-refractivity contribution in [2.45, 2.75) is 51.7 Å². The van der Waals surface area contributed by atoms with Crippen LogP contribution in [0.3, 0.4) is 0 Å². The number of carbonyl (C=O) groups excluding carboxylic acids is 1. The molecule has 0 spiro atoms. The van der Waals surface area contributed by atoms with Crippen LogP contribution in [0.5, 0.6) is 11.5 Å². The minimum atomic E-state index is -3.73. The van der Waals surface area contributed by atoms with E-state index in [0.29, 0.717) is 16.5 Å². The van der Waals surface area contributed by atoms with Crippen LogP contribution < -0.4 is 19.5 Å². The number of amides is 1. The maximum absolute atomic E-state index is 12.7. The fraction of sp³-hybridized carbons (Fsp3) is 0.381. The molecule has 7 nitrogen and oxygen atoms in total. The van der Waals surface area contributed by atoms with Crippen molar-refractivity contribution >= 4 is 33.2 Å². The molecule has 0 bridgehead atoms. The number of anilines is 1. The molecule has 1 atom stereocenters. The molecule has 0 fully saturated rings. The lowest BCUT2D eigenvalue weighted by Crippen LogP contribution is -2.31. The Kier molecular flexibility index (Phi) is 7.74. The smallest absolute Gasteiger partial charge is 0.265 e.